The first-order valence-electron chi connectivity index (χ1n) is 20.1. The summed E-state index contributed by atoms with van der Waals surface area (Å²) in [5.41, 5.74) is 14.0. The topological polar surface area (TPSA) is 31.2 Å². The van der Waals surface area contributed by atoms with Crippen molar-refractivity contribution in [3.63, 3.8) is 0 Å². The molecule has 9 aromatic carbocycles. The van der Waals surface area contributed by atoms with Gasteiger partial charge in [0.25, 0.3) is 5.56 Å². The summed E-state index contributed by atoms with van der Waals surface area (Å²) < 4.78 is 8.78. The molecule has 3 nitrogen and oxygen atoms in total. The van der Waals surface area contributed by atoms with Gasteiger partial charge in [-0.2, -0.15) is 0 Å². The molecule has 0 radical (unpaired) electrons. The molecule has 3 heteroatoms. The third kappa shape index (κ3) is 4.92. The number of aromatic nitrogens is 1. The zero-order chi connectivity index (χ0) is 39.1. The first kappa shape index (κ1) is 33.4. The first-order valence-corrected chi connectivity index (χ1v) is 20.1. The normalized spacial score (nSPS) is 13.1. The minimum atomic E-state index is -0.853. The highest BCUT2D eigenvalue weighted by molar-refractivity contribution is 6.10. The van der Waals surface area contributed by atoms with Crippen LogP contribution < -0.4 is 10.3 Å². The predicted molar refractivity (Wildman–Crippen MR) is 241 cm³/mol. The molecule has 1 aromatic heterocycles. The average molecular weight is 754 g/mol. The van der Waals surface area contributed by atoms with Crippen LogP contribution in [0.2, 0.25) is 0 Å². The van der Waals surface area contributed by atoms with Crippen molar-refractivity contribution in [2.75, 3.05) is 0 Å². The van der Waals surface area contributed by atoms with Gasteiger partial charge < -0.3 is 4.74 Å². The average Bonchev–Trinajstić information content (AvgIpc) is 3.31. The van der Waals surface area contributed by atoms with Crippen LogP contribution in [-0.4, -0.2) is 4.57 Å². The summed E-state index contributed by atoms with van der Waals surface area (Å²) in [6.45, 7) is 0. The maximum atomic E-state index is 15.1. The summed E-state index contributed by atoms with van der Waals surface area (Å²) in [6, 6.07) is 74.9. The Labute approximate surface area is 341 Å². The lowest BCUT2D eigenvalue weighted by atomic mass is 9.61. The van der Waals surface area contributed by atoms with Crippen molar-refractivity contribution in [1.29, 1.82) is 0 Å². The van der Waals surface area contributed by atoms with Crippen molar-refractivity contribution in [3.05, 3.63) is 245 Å². The van der Waals surface area contributed by atoms with Gasteiger partial charge >= 0.3 is 0 Å². The second kappa shape index (κ2) is 12.9. The first-order chi connectivity index (χ1) is 29.2. The van der Waals surface area contributed by atoms with Gasteiger partial charge in [-0.1, -0.05) is 158 Å². The van der Waals surface area contributed by atoms with E-state index < -0.39 is 5.41 Å². The van der Waals surface area contributed by atoms with E-state index >= 15 is 4.79 Å². The third-order valence-electron chi connectivity index (χ3n) is 12.4. The van der Waals surface area contributed by atoms with Crippen molar-refractivity contribution in [3.8, 4) is 61.7 Å². The van der Waals surface area contributed by atoms with Crippen LogP contribution in [0, 0.1) is 0 Å². The van der Waals surface area contributed by atoms with E-state index in [0.29, 0.717) is 5.39 Å². The molecule has 59 heavy (non-hydrogen) atoms. The summed E-state index contributed by atoms with van der Waals surface area (Å²) in [7, 11) is 0. The lowest BCUT2D eigenvalue weighted by Crippen LogP contribution is -2.40. The fraction of sp³-hybridized carbons (Fsp3) is 0.0179. The number of nitrogens with zero attached hydrogens (tertiary/aromatic N) is 1. The zero-order valence-electron chi connectivity index (χ0n) is 32.0. The minimum absolute atomic E-state index is 0.0308. The van der Waals surface area contributed by atoms with Crippen LogP contribution in [0.5, 0.6) is 11.5 Å². The van der Waals surface area contributed by atoms with Gasteiger partial charge in [-0.25, -0.2) is 0 Å². The molecule has 0 amide bonds. The van der Waals surface area contributed by atoms with E-state index in [-0.39, 0.29) is 5.56 Å². The molecule has 0 unspecified atom stereocenters. The number of para-hydroxylation sites is 2. The van der Waals surface area contributed by atoms with Crippen LogP contribution in [0.4, 0.5) is 0 Å². The molecule has 2 aliphatic rings. The number of rotatable bonds is 4. The second-order valence-electron chi connectivity index (χ2n) is 15.6. The molecule has 276 valence electrons. The van der Waals surface area contributed by atoms with Crippen LogP contribution in [0.15, 0.2) is 217 Å². The largest absolute Gasteiger partial charge is 0.457 e. The molecule has 12 rings (SSSR count). The smallest absolute Gasteiger partial charge is 0.263 e. The van der Waals surface area contributed by atoms with Crippen molar-refractivity contribution in [2.45, 2.75) is 5.41 Å². The fourth-order valence-electron chi connectivity index (χ4n) is 9.84. The van der Waals surface area contributed by atoms with E-state index in [4.69, 9.17) is 4.74 Å². The fourth-order valence-corrected chi connectivity index (χ4v) is 9.84. The monoisotopic (exact) mass is 753 g/mol. The highest BCUT2D eigenvalue weighted by Crippen LogP contribution is 2.60. The Morgan fingerprint density at radius 1 is 0.339 bits per heavy atom. The van der Waals surface area contributed by atoms with Crippen molar-refractivity contribution in [2.24, 2.45) is 0 Å². The molecule has 0 N–H and O–H groups in total. The Kier molecular flexibility index (Phi) is 7.29. The van der Waals surface area contributed by atoms with Gasteiger partial charge in [0.1, 0.15) is 11.5 Å². The van der Waals surface area contributed by atoms with Gasteiger partial charge in [0.15, 0.2) is 0 Å². The van der Waals surface area contributed by atoms with E-state index in [1.807, 2.05) is 34.9 Å². The standard InChI is InChI=1S/C56H35NO2/c58-55-45-24-8-7-23-44(45)46-33-43(41-22-14-20-39(32-41)37-17-5-2-6-18-37)35-50-54(46)57(55)51-30-29-42(40-21-13-19-38(31-40)36-15-3-1-4-16-36)34-49(51)56(50)47-25-9-11-27-52(47)59-53-28-12-10-26-48(53)56/h1-35H. The molecule has 1 spiro atoms. The summed E-state index contributed by atoms with van der Waals surface area (Å²) in [5, 5.41) is 2.66. The quantitative estimate of drug-likeness (QED) is 0.168. The molecule has 0 fully saturated rings. The summed E-state index contributed by atoms with van der Waals surface area (Å²) >= 11 is 0. The Hall–Kier alpha value is -7.75. The number of fused-ring (bicyclic) bond motifs is 10. The van der Waals surface area contributed by atoms with Crippen molar-refractivity contribution >= 4 is 21.7 Å². The number of hydrogen-bond acceptors (Lipinski definition) is 2. The zero-order valence-corrected chi connectivity index (χ0v) is 32.0. The maximum absolute atomic E-state index is 15.1. The number of pyridine rings is 1. The molecule has 0 saturated heterocycles. The summed E-state index contributed by atoms with van der Waals surface area (Å²) in [6.07, 6.45) is 0. The van der Waals surface area contributed by atoms with E-state index in [1.54, 1.807) is 0 Å². The van der Waals surface area contributed by atoms with Gasteiger partial charge in [-0.3, -0.25) is 9.36 Å². The van der Waals surface area contributed by atoms with E-state index in [2.05, 4.69) is 182 Å². The minimum Gasteiger partial charge on any atom is -0.457 e. The third-order valence-corrected chi connectivity index (χ3v) is 12.4. The van der Waals surface area contributed by atoms with Crippen LogP contribution >= 0.6 is 0 Å². The SMILES string of the molecule is O=c1c2ccccc2c2cc(-c3cccc(-c4ccccc4)c3)cc3c2n1-c1ccc(-c2cccc(-c4ccccc4)c2)cc1C31c2ccccc2Oc2ccccc21. The molecular weight excluding hydrogens is 719 g/mol. The van der Waals surface area contributed by atoms with Crippen LogP contribution in [-0.2, 0) is 5.41 Å². The maximum Gasteiger partial charge on any atom is 0.263 e. The van der Waals surface area contributed by atoms with Gasteiger partial charge in [-0.15, -0.1) is 0 Å². The van der Waals surface area contributed by atoms with Crippen LogP contribution in [0.3, 0.4) is 0 Å². The molecule has 10 aromatic rings. The lowest BCUT2D eigenvalue weighted by molar-refractivity contribution is 0.434. The molecule has 2 aliphatic heterocycles. The van der Waals surface area contributed by atoms with E-state index in [1.165, 1.54) is 5.56 Å². The van der Waals surface area contributed by atoms with Crippen LogP contribution in [0.25, 0.3) is 71.9 Å². The Balaban J connectivity index is 1.24. The lowest BCUT2D eigenvalue weighted by Gasteiger charge is -2.45. The molecule has 3 heterocycles. The Morgan fingerprint density at radius 3 is 1.44 bits per heavy atom. The highest BCUT2D eigenvalue weighted by Gasteiger charge is 2.50. The van der Waals surface area contributed by atoms with E-state index in [0.717, 1.165) is 94.7 Å². The second-order valence-corrected chi connectivity index (χ2v) is 15.6. The number of ether oxygens (including phenoxy) is 1. The van der Waals surface area contributed by atoms with E-state index in [9.17, 15) is 0 Å². The Bertz CT molecular complexity index is 3340. The van der Waals surface area contributed by atoms with Crippen LogP contribution in [0.1, 0.15) is 22.3 Å². The van der Waals surface area contributed by atoms with Gasteiger partial charge in [0.2, 0.25) is 0 Å². The molecular formula is C56H35NO2. The highest BCUT2D eigenvalue weighted by atomic mass is 16.5. The summed E-state index contributed by atoms with van der Waals surface area (Å²) in [4.78, 5) is 15.1. The number of hydrogen-bond donors (Lipinski definition) is 0. The van der Waals surface area contributed by atoms with Gasteiger partial charge in [0.05, 0.1) is 16.6 Å². The van der Waals surface area contributed by atoms with Crippen molar-refractivity contribution in [1.82, 2.24) is 4.57 Å². The molecule has 0 saturated carbocycles. The number of benzene rings is 9. The summed E-state index contributed by atoms with van der Waals surface area (Å²) in [5.74, 6) is 1.60. The van der Waals surface area contributed by atoms with Crippen molar-refractivity contribution < 1.29 is 4.74 Å². The Morgan fingerprint density at radius 2 is 0.814 bits per heavy atom. The van der Waals surface area contributed by atoms with Gasteiger partial charge in [0, 0.05) is 21.9 Å². The predicted octanol–water partition coefficient (Wildman–Crippen LogP) is 13.6. The molecule has 0 aliphatic carbocycles. The van der Waals surface area contributed by atoms with Gasteiger partial charge in [-0.05, 0) is 116 Å². The molecule has 0 atom stereocenters. The molecule has 0 bridgehead atoms.